The van der Waals surface area contributed by atoms with Crippen molar-refractivity contribution in [3.8, 4) is 0 Å². The zero-order valence-corrected chi connectivity index (χ0v) is 6.39. The van der Waals surface area contributed by atoms with Crippen molar-refractivity contribution in [3.63, 3.8) is 0 Å². The van der Waals surface area contributed by atoms with Crippen LogP contribution in [0.5, 0.6) is 0 Å². The van der Waals surface area contributed by atoms with Gasteiger partial charge in [-0.05, 0) is 18.3 Å². The predicted octanol–water partition coefficient (Wildman–Crippen LogP) is 2.07. The van der Waals surface area contributed by atoms with Gasteiger partial charge in [0.05, 0.1) is 0 Å². The third kappa shape index (κ3) is 1.68. The van der Waals surface area contributed by atoms with Crippen LogP contribution >= 0.6 is 0 Å². The maximum Gasteiger partial charge on any atom is 0.0497 e. The molecule has 1 aliphatic rings. The molecule has 0 spiro atoms. The molecule has 0 aliphatic carbocycles. The van der Waals surface area contributed by atoms with E-state index in [0.29, 0.717) is 0 Å². The van der Waals surface area contributed by atoms with E-state index in [4.69, 9.17) is 4.74 Å². The van der Waals surface area contributed by atoms with Crippen LogP contribution in [-0.2, 0) is 4.74 Å². The first-order valence-electron chi connectivity index (χ1n) is 3.92. The Labute approximate surface area is 57.4 Å². The fourth-order valence-electron chi connectivity index (χ4n) is 1.44. The van der Waals surface area contributed by atoms with Crippen molar-refractivity contribution in [2.45, 2.75) is 26.7 Å². The fourth-order valence-corrected chi connectivity index (χ4v) is 1.44. The Hall–Kier alpha value is -0.0400. The summed E-state index contributed by atoms with van der Waals surface area (Å²) in [4.78, 5) is 0. The van der Waals surface area contributed by atoms with E-state index in [1.165, 1.54) is 12.8 Å². The summed E-state index contributed by atoms with van der Waals surface area (Å²) < 4.78 is 5.32. The van der Waals surface area contributed by atoms with E-state index in [0.717, 1.165) is 25.0 Å². The average molecular weight is 128 g/mol. The van der Waals surface area contributed by atoms with Crippen molar-refractivity contribution in [2.75, 3.05) is 13.2 Å². The third-order valence-electron chi connectivity index (χ3n) is 2.18. The number of ether oxygens (including phenoxy) is 1. The Balaban J connectivity index is 2.22. The normalized spacial score (nSPS) is 35.3. The molecule has 1 aliphatic heterocycles. The van der Waals surface area contributed by atoms with Crippen LogP contribution in [0.4, 0.5) is 0 Å². The van der Waals surface area contributed by atoms with Crippen molar-refractivity contribution in [1.82, 2.24) is 0 Å². The highest BCUT2D eigenvalue weighted by Gasteiger charge is 2.22. The Bertz CT molecular complexity index is 80.6. The van der Waals surface area contributed by atoms with E-state index in [-0.39, 0.29) is 0 Å². The molecule has 1 heteroatoms. The minimum atomic E-state index is 0.810. The number of hydrogen-bond acceptors (Lipinski definition) is 1. The Morgan fingerprint density at radius 1 is 1.44 bits per heavy atom. The van der Waals surface area contributed by atoms with Gasteiger partial charge >= 0.3 is 0 Å². The molecule has 2 atom stereocenters. The van der Waals surface area contributed by atoms with Crippen LogP contribution in [0.2, 0.25) is 0 Å². The lowest BCUT2D eigenvalue weighted by molar-refractivity contribution is 0.180. The van der Waals surface area contributed by atoms with Gasteiger partial charge in [-0.1, -0.05) is 20.3 Å². The van der Waals surface area contributed by atoms with E-state index in [1.807, 2.05) is 0 Å². The van der Waals surface area contributed by atoms with Crippen LogP contribution < -0.4 is 0 Å². The lowest BCUT2D eigenvalue weighted by Gasteiger charge is -2.09. The van der Waals surface area contributed by atoms with Gasteiger partial charge in [0.2, 0.25) is 0 Å². The predicted molar refractivity (Wildman–Crippen MR) is 38.4 cm³/mol. The molecule has 54 valence electrons. The molecule has 1 heterocycles. The molecule has 2 unspecified atom stereocenters. The summed E-state index contributed by atoms with van der Waals surface area (Å²) in [6.45, 7) is 6.53. The van der Waals surface area contributed by atoms with Gasteiger partial charge in [-0.15, -0.1) is 0 Å². The Morgan fingerprint density at radius 3 is 2.67 bits per heavy atom. The molecule has 0 radical (unpaired) electrons. The third-order valence-corrected chi connectivity index (χ3v) is 2.18. The first kappa shape index (κ1) is 7.07. The van der Waals surface area contributed by atoms with Gasteiger partial charge in [-0.25, -0.2) is 0 Å². The molecular formula is C8H16O. The summed E-state index contributed by atoms with van der Waals surface area (Å²) in [7, 11) is 0. The maximum absolute atomic E-state index is 5.32. The summed E-state index contributed by atoms with van der Waals surface area (Å²) in [6, 6.07) is 0. The molecule has 0 aromatic heterocycles. The van der Waals surface area contributed by atoms with Crippen LogP contribution in [-0.4, -0.2) is 13.2 Å². The SMILES string of the molecule is CCCC1COCC1C. The molecule has 9 heavy (non-hydrogen) atoms. The van der Waals surface area contributed by atoms with Gasteiger partial charge in [0.15, 0.2) is 0 Å². The van der Waals surface area contributed by atoms with Gasteiger partial charge < -0.3 is 4.74 Å². The van der Waals surface area contributed by atoms with Crippen molar-refractivity contribution in [1.29, 1.82) is 0 Å². The second-order valence-corrected chi connectivity index (χ2v) is 3.06. The van der Waals surface area contributed by atoms with Gasteiger partial charge in [-0.3, -0.25) is 0 Å². The zero-order valence-electron chi connectivity index (χ0n) is 6.39. The molecule has 1 rings (SSSR count). The molecule has 1 nitrogen and oxygen atoms in total. The van der Waals surface area contributed by atoms with Crippen LogP contribution in [0, 0.1) is 11.8 Å². The highest BCUT2D eigenvalue weighted by atomic mass is 16.5. The van der Waals surface area contributed by atoms with Gasteiger partial charge in [0.1, 0.15) is 0 Å². The fraction of sp³-hybridized carbons (Fsp3) is 1.00. The molecule has 0 bridgehead atoms. The molecule has 1 fully saturated rings. The molecule has 0 amide bonds. The quantitative estimate of drug-likeness (QED) is 0.553. The first-order chi connectivity index (χ1) is 4.34. The zero-order chi connectivity index (χ0) is 6.69. The molecule has 0 saturated carbocycles. The highest BCUT2D eigenvalue weighted by Crippen LogP contribution is 2.23. The highest BCUT2D eigenvalue weighted by molar-refractivity contribution is 4.70. The number of rotatable bonds is 2. The molecule has 0 aromatic carbocycles. The second-order valence-electron chi connectivity index (χ2n) is 3.06. The van der Waals surface area contributed by atoms with E-state index in [9.17, 15) is 0 Å². The van der Waals surface area contributed by atoms with E-state index in [2.05, 4.69) is 13.8 Å². The monoisotopic (exact) mass is 128 g/mol. The lowest BCUT2D eigenvalue weighted by Crippen LogP contribution is -2.07. The average Bonchev–Trinajstić information content (AvgIpc) is 2.18. The Kier molecular flexibility index (Phi) is 2.52. The van der Waals surface area contributed by atoms with Crippen molar-refractivity contribution >= 4 is 0 Å². The second kappa shape index (κ2) is 3.21. The summed E-state index contributed by atoms with van der Waals surface area (Å²) in [5, 5.41) is 0. The van der Waals surface area contributed by atoms with Crippen molar-refractivity contribution in [3.05, 3.63) is 0 Å². The van der Waals surface area contributed by atoms with E-state index >= 15 is 0 Å². The van der Waals surface area contributed by atoms with Gasteiger partial charge in [-0.2, -0.15) is 0 Å². The van der Waals surface area contributed by atoms with Crippen LogP contribution in [0.1, 0.15) is 26.7 Å². The molecule has 0 N–H and O–H groups in total. The standard InChI is InChI=1S/C8H16O/c1-3-4-8-6-9-5-7(8)2/h7-8H,3-6H2,1-2H3. The molecule has 0 aromatic rings. The van der Waals surface area contributed by atoms with Gasteiger partial charge in [0, 0.05) is 13.2 Å². The summed E-state index contributed by atoms with van der Waals surface area (Å²) in [5.74, 6) is 1.67. The van der Waals surface area contributed by atoms with Crippen LogP contribution in [0.15, 0.2) is 0 Å². The number of hydrogen-bond donors (Lipinski definition) is 0. The largest absolute Gasteiger partial charge is 0.381 e. The topological polar surface area (TPSA) is 9.23 Å². The molecule has 1 saturated heterocycles. The lowest BCUT2D eigenvalue weighted by atomic mass is 9.94. The van der Waals surface area contributed by atoms with Crippen LogP contribution in [0.25, 0.3) is 0 Å². The van der Waals surface area contributed by atoms with Crippen LogP contribution in [0.3, 0.4) is 0 Å². The van der Waals surface area contributed by atoms with Crippen molar-refractivity contribution in [2.24, 2.45) is 11.8 Å². The minimum absolute atomic E-state index is 0.810. The summed E-state index contributed by atoms with van der Waals surface area (Å²) in [6.07, 6.45) is 2.65. The first-order valence-corrected chi connectivity index (χ1v) is 3.92. The minimum Gasteiger partial charge on any atom is -0.381 e. The summed E-state index contributed by atoms with van der Waals surface area (Å²) in [5.41, 5.74) is 0. The van der Waals surface area contributed by atoms with Crippen molar-refractivity contribution < 1.29 is 4.74 Å². The smallest absolute Gasteiger partial charge is 0.0497 e. The van der Waals surface area contributed by atoms with E-state index in [1.54, 1.807) is 0 Å². The maximum atomic E-state index is 5.32. The Morgan fingerprint density at radius 2 is 2.22 bits per heavy atom. The van der Waals surface area contributed by atoms with E-state index < -0.39 is 0 Å². The van der Waals surface area contributed by atoms with Gasteiger partial charge in [0.25, 0.3) is 0 Å². The molecular weight excluding hydrogens is 112 g/mol. The summed E-state index contributed by atoms with van der Waals surface area (Å²) >= 11 is 0.